The van der Waals surface area contributed by atoms with E-state index in [9.17, 15) is 18.0 Å². The summed E-state index contributed by atoms with van der Waals surface area (Å²) in [4.78, 5) is 25.0. The number of anilines is 1. The lowest BCUT2D eigenvalue weighted by atomic mass is 10.0. The normalized spacial score (nSPS) is 11.1. The summed E-state index contributed by atoms with van der Waals surface area (Å²) in [6.45, 7) is 3.19. The summed E-state index contributed by atoms with van der Waals surface area (Å²) in [5.74, 6) is -1.23. The van der Waals surface area contributed by atoms with Crippen molar-refractivity contribution < 1.29 is 22.7 Å². The summed E-state index contributed by atoms with van der Waals surface area (Å²) in [5.41, 5.74) is 2.49. The third kappa shape index (κ3) is 4.83. The first-order valence-corrected chi connectivity index (χ1v) is 11.1. The largest absolute Gasteiger partial charge is 0.454 e. The molecule has 0 N–H and O–H groups in total. The van der Waals surface area contributed by atoms with Crippen molar-refractivity contribution in [2.75, 3.05) is 18.0 Å². The Hall–Kier alpha value is -3.45. The van der Waals surface area contributed by atoms with Crippen LogP contribution >= 0.6 is 0 Å². The Morgan fingerprint density at radius 1 is 0.871 bits per heavy atom. The number of hydrogen-bond donors (Lipinski definition) is 0. The number of rotatable bonds is 7. The molecule has 0 aromatic heterocycles. The average molecular weight is 438 g/mol. The molecule has 3 aromatic rings. The molecule has 0 fully saturated rings. The number of nitrogens with zero attached hydrogens (tertiary/aromatic N) is 1. The number of aryl methyl sites for hydroxylation is 2. The molecule has 0 amide bonds. The second-order valence-electron chi connectivity index (χ2n) is 7.12. The predicted molar refractivity (Wildman–Crippen MR) is 119 cm³/mol. The summed E-state index contributed by atoms with van der Waals surface area (Å²) in [6.07, 6.45) is 0. The molecule has 0 aliphatic carbocycles. The van der Waals surface area contributed by atoms with E-state index in [1.54, 1.807) is 49.4 Å². The number of benzene rings is 3. The second kappa shape index (κ2) is 9.14. The van der Waals surface area contributed by atoms with E-state index in [4.69, 9.17) is 4.74 Å². The van der Waals surface area contributed by atoms with Gasteiger partial charge in [0.05, 0.1) is 11.3 Å². The molecule has 0 radical (unpaired) electrons. The molecule has 160 valence electrons. The number of carbonyl (C=O) groups excluding carboxylic acids is 2. The molecule has 0 spiro atoms. The number of esters is 1. The van der Waals surface area contributed by atoms with Gasteiger partial charge in [-0.15, -0.1) is 0 Å². The maximum absolute atomic E-state index is 13.2. The molecule has 0 bridgehead atoms. The fourth-order valence-corrected chi connectivity index (χ4v) is 4.48. The van der Waals surface area contributed by atoms with Crippen molar-refractivity contribution >= 4 is 27.5 Å². The van der Waals surface area contributed by atoms with Gasteiger partial charge in [0.15, 0.2) is 6.61 Å². The van der Waals surface area contributed by atoms with Gasteiger partial charge < -0.3 is 4.74 Å². The van der Waals surface area contributed by atoms with E-state index in [1.807, 2.05) is 19.1 Å². The number of carbonyl (C=O) groups is 2. The van der Waals surface area contributed by atoms with Crippen LogP contribution in [0.1, 0.15) is 31.8 Å². The first-order chi connectivity index (χ1) is 14.7. The minimum absolute atomic E-state index is 0.126. The summed E-state index contributed by atoms with van der Waals surface area (Å²) >= 11 is 0. The molecular formula is C24H23NO5S. The molecule has 0 saturated heterocycles. The lowest BCUT2D eigenvalue weighted by Gasteiger charge is -2.20. The van der Waals surface area contributed by atoms with Crippen LogP contribution in [0.4, 0.5) is 5.69 Å². The van der Waals surface area contributed by atoms with Crippen molar-refractivity contribution in [3.63, 3.8) is 0 Å². The minimum atomic E-state index is -4.02. The monoisotopic (exact) mass is 437 g/mol. The molecule has 31 heavy (non-hydrogen) atoms. The minimum Gasteiger partial charge on any atom is -0.454 e. The number of Topliss-reactive ketones (excluding diaryl/α,β-unsaturated/α-hetero) is 1. The number of ether oxygens (including phenoxy) is 1. The van der Waals surface area contributed by atoms with Gasteiger partial charge in [-0.1, -0.05) is 48.0 Å². The summed E-state index contributed by atoms with van der Waals surface area (Å²) in [6, 6.07) is 19.8. The van der Waals surface area contributed by atoms with Crippen LogP contribution in [0.15, 0.2) is 77.7 Å². The SMILES string of the molecule is Cc1ccc(C)c(C(=O)COC(=O)c2ccccc2S(=O)(=O)N(C)c2ccccc2)c1. The van der Waals surface area contributed by atoms with Crippen LogP contribution in [-0.4, -0.2) is 33.8 Å². The Kier molecular flexibility index (Phi) is 6.56. The molecular weight excluding hydrogens is 414 g/mol. The molecule has 0 aliphatic heterocycles. The highest BCUT2D eigenvalue weighted by molar-refractivity contribution is 7.92. The highest BCUT2D eigenvalue weighted by atomic mass is 32.2. The highest BCUT2D eigenvalue weighted by Gasteiger charge is 2.27. The van der Waals surface area contributed by atoms with Gasteiger partial charge in [-0.25, -0.2) is 13.2 Å². The molecule has 6 nitrogen and oxygen atoms in total. The van der Waals surface area contributed by atoms with Crippen molar-refractivity contribution in [1.29, 1.82) is 0 Å². The standard InChI is InChI=1S/C24H23NO5S/c1-17-13-14-18(2)21(15-17)22(26)16-30-24(27)20-11-7-8-12-23(20)31(28,29)25(3)19-9-5-4-6-10-19/h4-15H,16H2,1-3H3. The van der Waals surface area contributed by atoms with E-state index >= 15 is 0 Å². The van der Waals surface area contributed by atoms with Gasteiger partial charge in [0.2, 0.25) is 5.78 Å². The van der Waals surface area contributed by atoms with Crippen molar-refractivity contribution in [3.8, 4) is 0 Å². The van der Waals surface area contributed by atoms with Gasteiger partial charge in [-0.3, -0.25) is 9.10 Å². The quantitative estimate of drug-likeness (QED) is 0.409. The van der Waals surface area contributed by atoms with E-state index in [2.05, 4.69) is 0 Å². The van der Waals surface area contributed by atoms with Gasteiger partial charge in [-0.05, 0) is 49.7 Å². The summed E-state index contributed by atoms with van der Waals surface area (Å²) in [5, 5.41) is 0. The molecule has 3 rings (SSSR count). The zero-order valence-corrected chi connectivity index (χ0v) is 18.3. The van der Waals surface area contributed by atoms with Gasteiger partial charge in [-0.2, -0.15) is 0 Å². The number of hydrogen-bond acceptors (Lipinski definition) is 5. The van der Waals surface area contributed by atoms with Crippen LogP contribution in [0, 0.1) is 13.8 Å². The van der Waals surface area contributed by atoms with Crippen LogP contribution < -0.4 is 4.31 Å². The Balaban J connectivity index is 1.83. The van der Waals surface area contributed by atoms with Gasteiger partial charge in [0.25, 0.3) is 10.0 Å². The fourth-order valence-electron chi connectivity index (χ4n) is 3.11. The van der Waals surface area contributed by atoms with Crippen molar-refractivity contribution in [1.82, 2.24) is 0 Å². The summed E-state index contributed by atoms with van der Waals surface area (Å²) in [7, 11) is -2.61. The first-order valence-electron chi connectivity index (χ1n) is 9.62. The Morgan fingerprint density at radius 2 is 1.52 bits per heavy atom. The van der Waals surface area contributed by atoms with Gasteiger partial charge >= 0.3 is 5.97 Å². The van der Waals surface area contributed by atoms with E-state index in [0.717, 1.165) is 15.4 Å². The summed E-state index contributed by atoms with van der Waals surface area (Å²) < 4.78 is 32.6. The van der Waals surface area contributed by atoms with Gasteiger partial charge in [0.1, 0.15) is 4.90 Å². The van der Waals surface area contributed by atoms with Crippen LogP contribution in [0.2, 0.25) is 0 Å². The first kappa shape index (κ1) is 22.2. The number of ketones is 1. The maximum Gasteiger partial charge on any atom is 0.339 e. The number of para-hydroxylation sites is 1. The van der Waals surface area contributed by atoms with Crippen LogP contribution in [-0.2, 0) is 14.8 Å². The topological polar surface area (TPSA) is 80.8 Å². The fraction of sp³-hybridized carbons (Fsp3) is 0.167. The Labute approximate surface area is 182 Å². The van der Waals surface area contributed by atoms with Crippen LogP contribution in [0.25, 0.3) is 0 Å². The Bertz CT molecular complexity index is 1220. The van der Waals surface area contributed by atoms with E-state index in [1.165, 1.54) is 25.2 Å². The lowest BCUT2D eigenvalue weighted by Crippen LogP contribution is -2.28. The van der Waals surface area contributed by atoms with Crippen molar-refractivity contribution in [3.05, 3.63) is 95.1 Å². The average Bonchev–Trinajstić information content (AvgIpc) is 2.78. The van der Waals surface area contributed by atoms with Crippen LogP contribution in [0.3, 0.4) is 0 Å². The number of sulfonamides is 1. The highest BCUT2D eigenvalue weighted by Crippen LogP contribution is 2.25. The molecule has 7 heteroatoms. The van der Waals surface area contributed by atoms with Crippen molar-refractivity contribution in [2.45, 2.75) is 18.7 Å². The zero-order chi connectivity index (χ0) is 22.6. The predicted octanol–water partition coefficient (Wildman–Crippen LogP) is 4.17. The molecule has 3 aromatic carbocycles. The molecule has 0 atom stereocenters. The second-order valence-corrected chi connectivity index (χ2v) is 9.06. The van der Waals surface area contributed by atoms with Gasteiger partial charge in [0, 0.05) is 12.6 Å². The van der Waals surface area contributed by atoms with E-state index in [-0.39, 0.29) is 16.2 Å². The third-order valence-corrected chi connectivity index (χ3v) is 6.74. The Morgan fingerprint density at radius 3 is 2.23 bits per heavy atom. The molecule has 0 aliphatic rings. The molecule has 0 heterocycles. The lowest BCUT2D eigenvalue weighted by molar-refractivity contribution is 0.0470. The van der Waals surface area contributed by atoms with E-state index < -0.39 is 22.6 Å². The molecule has 0 unspecified atom stereocenters. The smallest absolute Gasteiger partial charge is 0.339 e. The third-order valence-electron chi connectivity index (χ3n) is 4.89. The maximum atomic E-state index is 13.2. The van der Waals surface area contributed by atoms with E-state index in [0.29, 0.717) is 11.3 Å². The van der Waals surface area contributed by atoms with Crippen molar-refractivity contribution in [2.24, 2.45) is 0 Å². The zero-order valence-electron chi connectivity index (χ0n) is 17.5. The molecule has 0 saturated carbocycles. The van der Waals surface area contributed by atoms with Crippen LogP contribution in [0.5, 0.6) is 0 Å².